The number of aromatic nitrogens is 6. The summed E-state index contributed by atoms with van der Waals surface area (Å²) in [5.74, 6) is 1.05. The van der Waals surface area contributed by atoms with Crippen LogP contribution in [0.4, 0.5) is 0 Å². The van der Waals surface area contributed by atoms with Crippen LogP contribution in [0.25, 0.3) is 22.6 Å². The van der Waals surface area contributed by atoms with Crippen molar-refractivity contribution in [2.45, 2.75) is 32.4 Å². The summed E-state index contributed by atoms with van der Waals surface area (Å²) in [5.41, 5.74) is 0.420. The summed E-state index contributed by atoms with van der Waals surface area (Å²) in [6.07, 6.45) is 3.37. The van der Waals surface area contributed by atoms with Gasteiger partial charge in [-0.25, -0.2) is 4.79 Å². The Morgan fingerprint density at radius 2 is 1.93 bits per heavy atom. The predicted octanol–water partition coefficient (Wildman–Crippen LogP) is 2.80. The molecule has 0 unspecified atom stereocenters. The summed E-state index contributed by atoms with van der Waals surface area (Å²) in [5, 5.41) is 4.05. The van der Waals surface area contributed by atoms with Crippen molar-refractivity contribution in [3.63, 3.8) is 0 Å². The Bertz CT molecular complexity index is 1300. The van der Waals surface area contributed by atoms with Gasteiger partial charge in [-0.2, -0.15) is 9.97 Å². The average molecular weight is 427 g/mol. The fraction of sp³-hybridized carbons (Fsp3) is 0.250. The van der Waals surface area contributed by atoms with Crippen LogP contribution in [-0.2, 0) is 19.5 Å². The second-order valence-corrected chi connectivity index (χ2v) is 7.06. The Balaban J connectivity index is 1.47. The molecule has 4 rings (SSSR count). The molecule has 154 valence electrons. The van der Waals surface area contributed by atoms with Crippen molar-refractivity contribution in [1.82, 2.24) is 29.2 Å². The quantitative estimate of drug-likeness (QED) is 0.263. The highest BCUT2D eigenvalue weighted by molar-refractivity contribution is 6.28. The van der Waals surface area contributed by atoms with Gasteiger partial charge in [-0.05, 0) is 24.4 Å². The van der Waals surface area contributed by atoms with Gasteiger partial charge in [0.15, 0.2) is 11.2 Å². The van der Waals surface area contributed by atoms with Gasteiger partial charge in [0, 0.05) is 25.1 Å². The van der Waals surface area contributed by atoms with Crippen LogP contribution in [0.1, 0.15) is 18.7 Å². The lowest BCUT2D eigenvalue weighted by Gasteiger charge is -2.09. The van der Waals surface area contributed by atoms with Crippen LogP contribution in [0.15, 0.2) is 57.1 Å². The van der Waals surface area contributed by atoms with E-state index >= 15 is 0 Å². The Labute approximate surface area is 175 Å². The van der Waals surface area contributed by atoms with Crippen molar-refractivity contribution in [2.24, 2.45) is 0 Å². The van der Waals surface area contributed by atoms with Crippen molar-refractivity contribution in [3.8, 4) is 11.4 Å². The van der Waals surface area contributed by atoms with Gasteiger partial charge in [-0.3, -0.25) is 13.9 Å². The normalized spacial score (nSPS) is 11.2. The summed E-state index contributed by atoms with van der Waals surface area (Å²) >= 11 is 5.89. The van der Waals surface area contributed by atoms with Crippen molar-refractivity contribution >= 4 is 22.8 Å². The smallest absolute Gasteiger partial charge is 0.333 e. The van der Waals surface area contributed by atoms with Crippen molar-refractivity contribution in [1.29, 1.82) is 0 Å². The van der Waals surface area contributed by atoms with Gasteiger partial charge in [0.1, 0.15) is 0 Å². The Morgan fingerprint density at radius 3 is 2.70 bits per heavy atom. The summed E-state index contributed by atoms with van der Waals surface area (Å²) in [6.45, 7) is 4.13. The number of fused-ring (bicyclic) bond motifs is 1. The van der Waals surface area contributed by atoms with Crippen LogP contribution < -0.4 is 11.2 Å². The molecule has 0 bridgehead atoms. The highest BCUT2D eigenvalue weighted by Gasteiger charge is 2.16. The number of nitrogens with zero attached hydrogens (tertiary/aromatic N) is 5. The molecule has 9 nitrogen and oxygen atoms in total. The molecule has 0 atom stereocenters. The minimum absolute atomic E-state index is 0.0580. The molecule has 3 heterocycles. The summed E-state index contributed by atoms with van der Waals surface area (Å²) in [7, 11) is 0. The molecule has 1 aromatic carbocycles. The zero-order chi connectivity index (χ0) is 21.1. The van der Waals surface area contributed by atoms with Gasteiger partial charge in [0.2, 0.25) is 17.0 Å². The molecular formula is C20H19ClN6O3. The minimum atomic E-state index is -0.445. The van der Waals surface area contributed by atoms with Gasteiger partial charge < -0.3 is 9.51 Å². The lowest BCUT2D eigenvalue weighted by Crippen LogP contribution is -2.40. The van der Waals surface area contributed by atoms with E-state index in [9.17, 15) is 9.59 Å². The second-order valence-electron chi connectivity index (χ2n) is 6.70. The van der Waals surface area contributed by atoms with Crippen molar-refractivity contribution in [3.05, 3.63) is 75.0 Å². The topological polar surface area (TPSA) is 112 Å². The molecule has 10 heteroatoms. The molecule has 0 fully saturated rings. The molecule has 1 N–H and O–H groups in total. The molecule has 30 heavy (non-hydrogen) atoms. The van der Waals surface area contributed by atoms with Gasteiger partial charge in [0.25, 0.3) is 5.56 Å². The first kappa shape index (κ1) is 19.8. The number of rotatable bonds is 8. The molecule has 4 aromatic rings. The third-order valence-corrected chi connectivity index (χ3v) is 4.85. The Kier molecular flexibility index (Phi) is 5.62. The standard InChI is InChI=1S/C20H19ClN6O3/c1-2-11-26-17-15(23-19(21)24-17)18(28)27(20(26)29)12-7-6-10-14-22-16(25-30-14)13-8-4-3-5-9-13/h2-5,8-9H,1,6-7,10-12H2,(H,23,24). The molecule has 0 radical (unpaired) electrons. The zero-order valence-electron chi connectivity index (χ0n) is 16.0. The monoisotopic (exact) mass is 426 g/mol. The minimum Gasteiger partial charge on any atom is -0.339 e. The number of H-pyrrole nitrogens is 1. The number of halogens is 1. The van der Waals surface area contributed by atoms with E-state index in [1.165, 1.54) is 9.13 Å². The van der Waals surface area contributed by atoms with Crippen LogP contribution in [0, 0.1) is 0 Å². The number of aromatic amines is 1. The zero-order valence-corrected chi connectivity index (χ0v) is 16.8. The summed E-state index contributed by atoms with van der Waals surface area (Å²) < 4.78 is 7.85. The van der Waals surface area contributed by atoms with Gasteiger partial charge in [-0.15, -0.1) is 6.58 Å². The van der Waals surface area contributed by atoms with E-state index in [2.05, 4.69) is 26.7 Å². The molecule has 0 saturated carbocycles. The van der Waals surface area contributed by atoms with E-state index in [1.807, 2.05) is 30.3 Å². The number of hydrogen-bond donors (Lipinski definition) is 1. The number of allylic oxidation sites excluding steroid dienone is 1. The summed E-state index contributed by atoms with van der Waals surface area (Å²) in [6, 6.07) is 9.56. The van der Waals surface area contributed by atoms with E-state index < -0.39 is 11.2 Å². The number of hydrogen-bond acceptors (Lipinski definition) is 6. The number of unbranched alkanes of at least 4 members (excludes halogenated alkanes) is 1. The number of aryl methyl sites for hydroxylation is 1. The van der Waals surface area contributed by atoms with E-state index in [4.69, 9.17) is 16.1 Å². The van der Waals surface area contributed by atoms with Crippen LogP contribution in [0.2, 0.25) is 5.28 Å². The Hall–Kier alpha value is -3.46. The lowest BCUT2D eigenvalue weighted by molar-refractivity contribution is 0.372. The maximum atomic E-state index is 12.8. The van der Waals surface area contributed by atoms with Crippen LogP contribution >= 0.6 is 11.6 Å². The first-order valence-corrected chi connectivity index (χ1v) is 9.84. The molecule has 0 spiro atoms. The SMILES string of the molecule is C=CCn1c(=O)n(CCCCc2nc(-c3ccccc3)no2)c(=O)c2[nH]c(Cl)nc21. The molecule has 0 saturated heterocycles. The number of imidazole rings is 1. The van der Waals surface area contributed by atoms with Crippen LogP contribution in [0.3, 0.4) is 0 Å². The first-order valence-electron chi connectivity index (χ1n) is 9.46. The third-order valence-electron chi connectivity index (χ3n) is 4.67. The second kappa shape index (κ2) is 8.50. The molecule has 0 aliphatic carbocycles. The van der Waals surface area contributed by atoms with Gasteiger partial charge in [-0.1, -0.05) is 41.6 Å². The molecule has 0 aliphatic rings. The van der Waals surface area contributed by atoms with E-state index in [0.717, 1.165) is 5.56 Å². The molecule has 3 aromatic heterocycles. The predicted molar refractivity (Wildman–Crippen MR) is 112 cm³/mol. The maximum Gasteiger partial charge on any atom is 0.333 e. The fourth-order valence-electron chi connectivity index (χ4n) is 3.24. The molecule has 0 aliphatic heterocycles. The van der Waals surface area contributed by atoms with Crippen molar-refractivity contribution < 1.29 is 4.52 Å². The summed E-state index contributed by atoms with van der Waals surface area (Å²) in [4.78, 5) is 36.6. The fourth-order valence-corrected chi connectivity index (χ4v) is 3.41. The first-order chi connectivity index (χ1) is 14.6. The maximum absolute atomic E-state index is 12.8. The lowest BCUT2D eigenvalue weighted by atomic mass is 10.2. The van der Waals surface area contributed by atoms with Crippen molar-refractivity contribution in [2.75, 3.05) is 0 Å². The van der Waals surface area contributed by atoms with Gasteiger partial charge in [0.05, 0.1) is 0 Å². The molecule has 0 amide bonds. The largest absolute Gasteiger partial charge is 0.339 e. The highest BCUT2D eigenvalue weighted by Crippen LogP contribution is 2.16. The third kappa shape index (κ3) is 3.84. The van der Waals surface area contributed by atoms with Crippen LogP contribution in [0.5, 0.6) is 0 Å². The highest BCUT2D eigenvalue weighted by atomic mass is 35.5. The van der Waals surface area contributed by atoms with E-state index in [-0.39, 0.29) is 29.5 Å². The van der Waals surface area contributed by atoms with E-state index in [0.29, 0.717) is 31.0 Å². The Morgan fingerprint density at radius 1 is 1.13 bits per heavy atom. The number of benzene rings is 1. The average Bonchev–Trinajstić information content (AvgIpc) is 3.38. The van der Waals surface area contributed by atoms with Gasteiger partial charge >= 0.3 is 5.69 Å². The molecular weight excluding hydrogens is 408 g/mol. The van der Waals surface area contributed by atoms with E-state index in [1.54, 1.807) is 6.08 Å². The number of nitrogens with one attached hydrogen (secondary N) is 1. The van der Waals surface area contributed by atoms with Crippen LogP contribution in [-0.4, -0.2) is 29.2 Å².